The van der Waals surface area contributed by atoms with Crippen LogP contribution in [-0.4, -0.2) is 11.0 Å². The van der Waals surface area contributed by atoms with Gasteiger partial charge in [-0.15, -0.1) is 0 Å². The SMILES string of the molecule is CC(CC1CCC1)NCc1csc(=O)[nH]1. The third-order valence-electron chi connectivity index (χ3n) is 3.12. The molecule has 2 rings (SSSR count). The Labute approximate surface area is 93.9 Å². The van der Waals surface area contributed by atoms with E-state index in [-0.39, 0.29) is 4.87 Å². The van der Waals surface area contributed by atoms with Crippen LogP contribution in [0.3, 0.4) is 0 Å². The lowest BCUT2D eigenvalue weighted by molar-refractivity contribution is 0.265. The van der Waals surface area contributed by atoms with Crippen molar-refractivity contribution in [2.45, 2.75) is 45.2 Å². The van der Waals surface area contributed by atoms with Crippen LogP contribution in [0.5, 0.6) is 0 Å². The van der Waals surface area contributed by atoms with E-state index >= 15 is 0 Å². The molecule has 0 bridgehead atoms. The molecule has 1 fully saturated rings. The van der Waals surface area contributed by atoms with E-state index in [1.807, 2.05) is 5.38 Å². The second-order valence-corrected chi connectivity index (χ2v) is 5.33. The Morgan fingerprint density at radius 1 is 1.67 bits per heavy atom. The number of H-pyrrole nitrogens is 1. The van der Waals surface area contributed by atoms with Crippen molar-refractivity contribution >= 4 is 11.3 Å². The molecule has 2 N–H and O–H groups in total. The van der Waals surface area contributed by atoms with Crippen LogP contribution in [0.4, 0.5) is 0 Å². The zero-order valence-electron chi connectivity index (χ0n) is 9.08. The normalized spacial score (nSPS) is 18.7. The van der Waals surface area contributed by atoms with Gasteiger partial charge in [-0.2, -0.15) is 0 Å². The molecule has 1 aromatic rings. The molecule has 1 unspecified atom stereocenters. The summed E-state index contributed by atoms with van der Waals surface area (Å²) in [5.74, 6) is 0.939. The van der Waals surface area contributed by atoms with Gasteiger partial charge in [-0.25, -0.2) is 0 Å². The first-order valence-corrected chi connectivity index (χ1v) is 6.52. The molecule has 15 heavy (non-hydrogen) atoms. The van der Waals surface area contributed by atoms with Crippen LogP contribution < -0.4 is 10.2 Å². The van der Waals surface area contributed by atoms with Crippen molar-refractivity contribution < 1.29 is 0 Å². The Morgan fingerprint density at radius 2 is 2.47 bits per heavy atom. The van der Waals surface area contributed by atoms with Gasteiger partial charge in [0.2, 0.25) is 0 Å². The topological polar surface area (TPSA) is 44.9 Å². The van der Waals surface area contributed by atoms with Crippen molar-refractivity contribution in [1.82, 2.24) is 10.3 Å². The van der Waals surface area contributed by atoms with Gasteiger partial charge in [0, 0.05) is 23.7 Å². The highest BCUT2D eigenvalue weighted by molar-refractivity contribution is 7.07. The highest BCUT2D eigenvalue weighted by Crippen LogP contribution is 2.30. The molecule has 0 saturated heterocycles. The van der Waals surface area contributed by atoms with E-state index in [0.29, 0.717) is 6.04 Å². The summed E-state index contributed by atoms with van der Waals surface area (Å²) in [5, 5.41) is 5.34. The zero-order valence-corrected chi connectivity index (χ0v) is 9.90. The largest absolute Gasteiger partial charge is 0.315 e. The molecule has 1 saturated carbocycles. The summed E-state index contributed by atoms with van der Waals surface area (Å²) in [5.41, 5.74) is 1.01. The van der Waals surface area contributed by atoms with E-state index in [2.05, 4.69) is 17.2 Å². The average molecular weight is 226 g/mol. The summed E-state index contributed by atoms with van der Waals surface area (Å²) in [6.07, 6.45) is 5.49. The molecule has 1 aliphatic carbocycles. The fraction of sp³-hybridized carbons (Fsp3) is 0.727. The van der Waals surface area contributed by atoms with E-state index in [0.717, 1.165) is 18.2 Å². The predicted octanol–water partition coefficient (Wildman–Crippen LogP) is 2.10. The van der Waals surface area contributed by atoms with Crippen molar-refractivity contribution in [3.05, 3.63) is 20.7 Å². The number of aromatic amines is 1. The molecule has 1 aromatic heterocycles. The number of rotatable bonds is 5. The first-order chi connectivity index (χ1) is 7.24. The highest BCUT2D eigenvalue weighted by atomic mass is 32.1. The molecule has 1 atom stereocenters. The minimum atomic E-state index is 0.0402. The van der Waals surface area contributed by atoms with Crippen LogP contribution in [0.15, 0.2) is 10.2 Å². The van der Waals surface area contributed by atoms with Crippen molar-refractivity contribution in [1.29, 1.82) is 0 Å². The Kier molecular flexibility index (Phi) is 3.59. The van der Waals surface area contributed by atoms with Crippen LogP contribution >= 0.6 is 11.3 Å². The molecule has 1 aliphatic rings. The lowest BCUT2D eigenvalue weighted by Gasteiger charge is -2.28. The van der Waals surface area contributed by atoms with Gasteiger partial charge < -0.3 is 10.3 Å². The van der Waals surface area contributed by atoms with Crippen LogP contribution in [0.25, 0.3) is 0 Å². The number of thiazole rings is 1. The van der Waals surface area contributed by atoms with E-state index in [1.165, 1.54) is 37.0 Å². The fourth-order valence-electron chi connectivity index (χ4n) is 2.00. The molecule has 0 spiro atoms. The van der Waals surface area contributed by atoms with Crippen molar-refractivity contribution in [2.24, 2.45) is 5.92 Å². The molecule has 3 nitrogen and oxygen atoms in total. The Balaban J connectivity index is 1.70. The van der Waals surface area contributed by atoms with Crippen LogP contribution in [0.2, 0.25) is 0 Å². The molecule has 0 radical (unpaired) electrons. The Bertz CT molecular complexity index is 353. The summed E-state index contributed by atoms with van der Waals surface area (Å²) in [7, 11) is 0. The molecule has 4 heteroatoms. The van der Waals surface area contributed by atoms with Gasteiger partial charge in [-0.1, -0.05) is 30.6 Å². The van der Waals surface area contributed by atoms with Crippen molar-refractivity contribution in [3.63, 3.8) is 0 Å². The molecule has 0 amide bonds. The fourth-order valence-corrected chi connectivity index (χ4v) is 2.58. The van der Waals surface area contributed by atoms with Crippen LogP contribution in [0, 0.1) is 5.92 Å². The highest BCUT2D eigenvalue weighted by Gasteiger charge is 2.19. The zero-order chi connectivity index (χ0) is 10.7. The molecule has 84 valence electrons. The molecular formula is C11H18N2OS. The van der Waals surface area contributed by atoms with Gasteiger partial charge in [-0.3, -0.25) is 4.79 Å². The molecule has 0 aliphatic heterocycles. The monoisotopic (exact) mass is 226 g/mol. The van der Waals surface area contributed by atoms with E-state index in [1.54, 1.807) is 0 Å². The maximum absolute atomic E-state index is 10.9. The Morgan fingerprint density at radius 3 is 3.00 bits per heavy atom. The van der Waals surface area contributed by atoms with Gasteiger partial charge in [0.25, 0.3) is 0 Å². The quantitative estimate of drug-likeness (QED) is 0.807. The van der Waals surface area contributed by atoms with Gasteiger partial charge in [0.05, 0.1) is 0 Å². The van der Waals surface area contributed by atoms with Crippen molar-refractivity contribution in [2.75, 3.05) is 0 Å². The van der Waals surface area contributed by atoms with Crippen LogP contribution in [-0.2, 0) is 6.54 Å². The molecule has 0 aromatic carbocycles. The van der Waals surface area contributed by atoms with E-state index in [4.69, 9.17) is 0 Å². The van der Waals surface area contributed by atoms with Gasteiger partial charge in [0.1, 0.15) is 0 Å². The summed E-state index contributed by atoms with van der Waals surface area (Å²) >= 11 is 1.23. The molecular weight excluding hydrogens is 208 g/mol. The van der Waals surface area contributed by atoms with Crippen LogP contribution in [0.1, 0.15) is 38.3 Å². The maximum Gasteiger partial charge on any atom is 0.304 e. The third kappa shape index (κ3) is 3.18. The standard InChI is InChI=1S/C11H18N2OS/c1-8(5-9-3-2-4-9)12-6-10-7-15-11(14)13-10/h7-9,12H,2-6H2,1H3,(H,13,14). The van der Waals surface area contributed by atoms with Crippen molar-refractivity contribution in [3.8, 4) is 0 Å². The van der Waals surface area contributed by atoms with E-state index in [9.17, 15) is 4.79 Å². The lowest BCUT2D eigenvalue weighted by Crippen LogP contribution is -2.30. The first kappa shape index (κ1) is 10.9. The van der Waals surface area contributed by atoms with Gasteiger partial charge >= 0.3 is 4.87 Å². The van der Waals surface area contributed by atoms with E-state index < -0.39 is 0 Å². The average Bonchev–Trinajstić information content (AvgIpc) is 2.55. The number of nitrogens with one attached hydrogen (secondary N) is 2. The smallest absolute Gasteiger partial charge is 0.304 e. The Hall–Kier alpha value is -0.610. The second-order valence-electron chi connectivity index (χ2n) is 4.49. The minimum absolute atomic E-state index is 0.0402. The number of hydrogen-bond donors (Lipinski definition) is 2. The lowest BCUT2D eigenvalue weighted by atomic mass is 9.81. The first-order valence-electron chi connectivity index (χ1n) is 5.64. The maximum atomic E-state index is 10.9. The minimum Gasteiger partial charge on any atom is -0.315 e. The number of hydrogen-bond acceptors (Lipinski definition) is 3. The van der Waals surface area contributed by atoms with Gasteiger partial charge in [0.15, 0.2) is 0 Å². The third-order valence-corrected chi connectivity index (χ3v) is 3.84. The van der Waals surface area contributed by atoms with Gasteiger partial charge in [-0.05, 0) is 19.3 Å². The summed E-state index contributed by atoms with van der Waals surface area (Å²) in [6, 6.07) is 0.554. The second kappa shape index (κ2) is 4.94. The summed E-state index contributed by atoms with van der Waals surface area (Å²) in [4.78, 5) is 13.8. The predicted molar refractivity (Wildman–Crippen MR) is 63.2 cm³/mol. The molecule has 1 heterocycles. The number of aromatic nitrogens is 1. The summed E-state index contributed by atoms with van der Waals surface area (Å²) < 4.78 is 0. The summed E-state index contributed by atoms with van der Waals surface area (Å²) in [6.45, 7) is 3.01.